The van der Waals surface area contributed by atoms with Gasteiger partial charge in [0.15, 0.2) is 0 Å². The zero-order chi connectivity index (χ0) is 22.8. The van der Waals surface area contributed by atoms with Crippen molar-refractivity contribution in [2.24, 2.45) is 5.92 Å². The number of amides is 1. The Morgan fingerprint density at radius 3 is 2.91 bits per heavy atom. The molecule has 0 bridgehead atoms. The number of anilines is 1. The summed E-state index contributed by atoms with van der Waals surface area (Å²) in [5.74, 6) is 0.556. The number of piperidine rings is 1. The summed E-state index contributed by atoms with van der Waals surface area (Å²) in [6, 6.07) is 15.6. The molecule has 0 aliphatic carbocycles. The minimum Gasteiger partial charge on any atom is -0.355 e. The number of aromatic nitrogens is 2. The van der Waals surface area contributed by atoms with Crippen LogP contribution in [-0.4, -0.2) is 35.0 Å². The first kappa shape index (κ1) is 21.8. The molecule has 1 aliphatic heterocycles. The van der Waals surface area contributed by atoms with Crippen molar-refractivity contribution < 1.29 is 9.18 Å². The highest BCUT2D eigenvalue weighted by Gasteiger charge is 2.29. The van der Waals surface area contributed by atoms with Gasteiger partial charge < -0.3 is 10.2 Å². The Morgan fingerprint density at radius 1 is 1.21 bits per heavy atom. The van der Waals surface area contributed by atoms with E-state index >= 15 is 0 Å². The molecular formula is C26H27FN4OS. The number of hydrogen-bond donors (Lipinski definition) is 1. The lowest BCUT2D eigenvalue weighted by molar-refractivity contribution is -0.125. The van der Waals surface area contributed by atoms with Gasteiger partial charge in [-0.05, 0) is 50.3 Å². The number of nitrogens with zero attached hydrogens (tertiary/aromatic N) is 3. The second kappa shape index (κ2) is 9.43. The molecular weight excluding hydrogens is 435 g/mol. The topological polar surface area (TPSA) is 58.1 Å². The van der Waals surface area contributed by atoms with Gasteiger partial charge in [0.05, 0.1) is 21.5 Å². The highest BCUT2D eigenvalue weighted by Crippen LogP contribution is 2.39. The largest absolute Gasteiger partial charge is 0.355 e. The maximum Gasteiger partial charge on any atom is 0.225 e. The highest BCUT2D eigenvalue weighted by atomic mass is 32.1. The van der Waals surface area contributed by atoms with Crippen molar-refractivity contribution in [1.29, 1.82) is 0 Å². The van der Waals surface area contributed by atoms with Crippen LogP contribution in [0.2, 0.25) is 0 Å². The number of carbonyl (C=O) groups is 1. The Kier molecular flexibility index (Phi) is 6.22. The first-order chi connectivity index (χ1) is 16.1. The third-order valence-corrected chi connectivity index (χ3v) is 7.54. The summed E-state index contributed by atoms with van der Waals surface area (Å²) >= 11 is 1.51. The number of halogens is 1. The molecule has 2 aromatic heterocycles. The normalized spacial score (nSPS) is 17.4. The van der Waals surface area contributed by atoms with Crippen molar-refractivity contribution in [2.75, 3.05) is 18.0 Å². The summed E-state index contributed by atoms with van der Waals surface area (Å²) in [5.41, 5.74) is 1.94. The Labute approximate surface area is 196 Å². The molecule has 2 atom stereocenters. The molecule has 7 heteroatoms. The molecule has 2 aromatic carbocycles. The minimum atomic E-state index is -0.260. The smallest absolute Gasteiger partial charge is 0.225 e. The molecule has 1 saturated heterocycles. The fourth-order valence-electron chi connectivity index (χ4n) is 4.64. The Morgan fingerprint density at radius 2 is 2.06 bits per heavy atom. The van der Waals surface area contributed by atoms with Crippen LogP contribution in [0.25, 0.3) is 20.3 Å². The number of carbonyl (C=O) groups excluding carboxylic acids is 1. The van der Waals surface area contributed by atoms with Crippen molar-refractivity contribution in [3.8, 4) is 0 Å². The van der Waals surface area contributed by atoms with Gasteiger partial charge in [-0.25, -0.2) is 14.4 Å². The molecule has 170 valence electrons. The zero-order valence-electron chi connectivity index (χ0n) is 18.6. The van der Waals surface area contributed by atoms with Crippen molar-refractivity contribution in [3.63, 3.8) is 0 Å². The Hall–Kier alpha value is -3.06. The molecule has 3 heterocycles. The van der Waals surface area contributed by atoms with Gasteiger partial charge in [0, 0.05) is 23.8 Å². The standard InChI is InChI=1S/C26H27FN4OS/c1-17(12-13-18-7-3-2-4-8-18)30-26(32)19-9-6-14-31(15-19)25-24-23(28-16-29-25)22-20(27)10-5-11-21(22)33-24/h2-5,7-8,10-11,16-17,19H,6,9,12-15H2,1H3,(H,30,32)/t17-,19-/m1/s1. The summed E-state index contributed by atoms with van der Waals surface area (Å²) in [7, 11) is 0. The maximum atomic E-state index is 14.5. The van der Waals surface area contributed by atoms with Crippen LogP contribution in [0.15, 0.2) is 54.9 Å². The van der Waals surface area contributed by atoms with Gasteiger partial charge >= 0.3 is 0 Å². The molecule has 1 fully saturated rings. The van der Waals surface area contributed by atoms with Crippen LogP contribution in [0.4, 0.5) is 10.2 Å². The van der Waals surface area contributed by atoms with Crippen LogP contribution >= 0.6 is 11.3 Å². The van der Waals surface area contributed by atoms with Crippen LogP contribution in [0, 0.1) is 11.7 Å². The van der Waals surface area contributed by atoms with E-state index in [1.165, 1.54) is 29.3 Å². The third kappa shape index (κ3) is 4.55. The molecule has 5 nitrogen and oxygen atoms in total. The molecule has 5 rings (SSSR count). The first-order valence-electron chi connectivity index (χ1n) is 11.5. The van der Waals surface area contributed by atoms with Crippen molar-refractivity contribution in [1.82, 2.24) is 15.3 Å². The average molecular weight is 463 g/mol. The van der Waals surface area contributed by atoms with E-state index in [-0.39, 0.29) is 23.7 Å². The molecule has 1 amide bonds. The Balaban J connectivity index is 1.29. The summed E-state index contributed by atoms with van der Waals surface area (Å²) in [6.45, 7) is 3.51. The predicted molar refractivity (Wildman–Crippen MR) is 132 cm³/mol. The van der Waals surface area contributed by atoms with Crippen LogP contribution in [0.5, 0.6) is 0 Å². The summed E-state index contributed by atoms with van der Waals surface area (Å²) < 4.78 is 16.2. The van der Waals surface area contributed by atoms with Gasteiger partial charge in [0.1, 0.15) is 18.0 Å². The number of rotatable bonds is 6. The minimum absolute atomic E-state index is 0.0888. The van der Waals surface area contributed by atoms with E-state index in [1.54, 1.807) is 6.07 Å². The molecule has 0 radical (unpaired) electrons. The summed E-state index contributed by atoms with van der Waals surface area (Å²) in [6.07, 6.45) is 5.14. The van der Waals surface area contributed by atoms with Gasteiger partial charge in [0.2, 0.25) is 5.91 Å². The second-order valence-corrected chi connectivity index (χ2v) is 9.86. The lowest BCUT2D eigenvalue weighted by Gasteiger charge is -2.33. The quantitative estimate of drug-likeness (QED) is 0.420. The van der Waals surface area contributed by atoms with Crippen LogP contribution in [-0.2, 0) is 11.2 Å². The molecule has 33 heavy (non-hydrogen) atoms. The van der Waals surface area contributed by atoms with Gasteiger partial charge in [-0.3, -0.25) is 4.79 Å². The molecule has 1 N–H and O–H groups in total. The number of thiophene rings is 1. The average Bonchev–Trinajstić information content (AvgIpc) is 3.23. The molecule has 0 saturated carbocycles. The maximum absolute atomic E-state index is 14.5. The number of benzene rings is 2. The van der Waals surface area contributed by atoms with Gasteiger partial charge in [-0.2, -0.15) is 0 Å². The number of nitrogens with one attached hydrogen (secondary N) is 1. The van der Waals surface area contributed by atoms with E-state index < -0.39 is 0 Å². The Bertz CT molecular complexity index is 1280. The third-order valence-electron chi connectivity index (χ3n) is 6.40. The van der Waals surface area contributed by atoms with Crippen molar-refractivity contribution >= 4 is 43.4 Å². The lowest BCUT2D eigenvalue weighted by Crippen LogP contribution is -2.45. The molecule has 0 unspecified atom stereocenters. The fraction of sp³-hybridized carbons (Fsp3) is 0.346. The van der Waals surface area contributed by atoms with Crippen LogP contribution < -0.4 is 10.2 Å². The SMILES string of the molecule is C[C@H](CCc1ccccc1)NC(=O)[C@@H]1CCCN(c2ncnc3c2sc2cccc(F)c23)C1. The first-order valence-corrected chi connectivity index (χ1v) is 12.3. The van der Waals surface area contributed by atoms with E-state index in [0.717, 1.165) is 47.4 Å². The zero-order valence-corrected chi connectivity index (χ0v) is 19.4. The van der Waals surface area contributed by atoms with Gasteiger partial charge in [0.25, 0.3) is 0 Å². The van der Waals surface area contributed by atoms with E-state index in [2.05, 4.69) is 39.2 Å². The summed E-state index contributed by atoms with van der Waals surface area (Å²) in [5, 5.41) is 3.77. The fourth-order valence-corrected chi connectivity index (χ4v) is 5.82. The highest BCUT2D eigenvalue weighted by molar-refractivity contribution is 7.26. The number of hydrogen-bond acceptors (Lipinski definition) is 5. The molecule has 4 aromatic rings. The van der Waals surface area contributed by atoms with Gasteiger partial charge in [-0.15, -0.1) is 11.3 Å². The van der Waals surface area contributed by atoms with Gasteiger partial charge in [-0.1, -0.05) is 36.4 Å². The lowest BCUT2D eigenvalue weighted by atomic mass is 9.96. The second-order valence-electron chi connectivity index (χ2n) is 8.81. The summed E-state index contributed by atoms with van der Waals surface area (Å²) in [4.78, 5) is 24.1. The monoisotopic (exact) mass is 462 g/mol. The number of fused-ring (bicyclic) bond motifs is 3. The predicted octanol–water partition coefficient (Wildman–Crippen LogP) is 5.34. The number of aryl methyl sites for hydroxylation is 1. The van der Waals surface area contributed by atoms with Crippen molar-refractivity contribution in [2.45, 2.75) is 38.6 Å². The van der Waals surface area contributed by atoms with Crippen molar-refractivity contribution in [3.05, 3.63) is 66.2 Å². The van der Waals surface area contributed by atoms with Crippen LogP contribution in [0.3, 0.4) is 0 Å². The molecule has 0 spiro atoms. The molecule has 1 aliphatic rings. The van der Waals surface area contributed by atoms with E-state index in [0.29, 0.717) is 17.4 Å². The van der Waals surface area contributed by atoms with Crippen LogP contribution in [0.1, 0.15) is 31.7 Å². The van der Waals surface area contributed by atoms with E-state index in [1.807, 2.05) is 24.3 Å². The van der Waals surface area contributed by atoms with E-state index in [4.69, 9.17) is 0 Å². The van der Waals surface area contributed by atoms with E-state index in [9.17, 15) is 9.18 Å².